The molecule has 1 aliphatic carbocycles. The average molecular weight is 318 g/mol. The molecule has 5 heteroatoms. The standard InChI is InChI=1S/C18H26N2O3/c1-7-10(3)15-12(5)16(18(23)20-14(21)8-2)11(4)9-13(15)17(22)19-6/h7-9,11-12,15-16H,2H2,1,3-6H3,(H,19,22)(H,20,21,23)/b10-7-. The number of nitrogens with one attached hydrogen (secondary N) is 2. The van der Waals surface area contributed by atoms with Crippen molar-refractivity contribution in [3.63, 3.8) is 0 Å². The topological polar surface area (TPSA) is 75.3 Å². The Morgan fingerprint density at radius 2 is 1.87 bits per heavy atom. The first-order valence-electron chi connectivity index (χ1n) is 7.82. The van der Waals surface area contributed by atoms with Gasteiger partial charge in [0.25, 0.3) is 0 Å². The zero-order valence-electron chi connectivity index (χ0n) is 14.5. The van der Waals surface area contributed by atoms with Gasteiger partial charge in [0.15, 0.2) is 0 Å². The quantitative estimate of drug-likeness (QED) is 0.615. The van der Waals surface area contributed by atoms with Crippen LogP contribution in [-0.2, 0) is 14.4 Å². The minimum atomic E-state index is -0.505. The smallest absolute Gasteiger partial charge is 0.249 e. The molecule has 1 rings (SSSR count). The largest absolute Gasteiger partial charge is 0.355 e. The van der Waals surface area contributed by atoms with E-state index in [1.54, 1.807) is 7.05 Å². The molecule has 0 heterocycles. The van der Waals surface area contributed by atoms with E-state index < -0.39 is 5.91 Å². The van der Waals surface area contributed by atoms with Crippen molar-refractivity contribution < 1.29 is 14.4 Å². The second kappa shape index (κ2) is 7.90. The van der Waals surface area contributed by atoms with E-state index in [9.17, 15) is 14.4 Å². The van der Waals surface area contributed by atoms with Crippen LogP contribution in [0.1, 0.15) is 27.7 Å². The third kappa shape index (κ3) is 3.97. The van der Waals surface area contributed by atoms with Gasteiger partial charge in [0.1, 0.15) is 0 Å². The molecule has 3 amide bonds. The highest BCUT2D eigenvalue weighted by atomic mass is 16.2. The van der Waals surface area contributed by atoms with Gasteiger partial charge in [0.05, 0.1) is 0 Å². The minimum Gasteiger partial charge on any atom is -0.355 e. The van der Waals surface area contributed by atoms with Gasteiger partial charge in [-0.15, -0.1) is 0 Å². The fraction of sp³-hybridized carbons (Fsp3) is 0.500. The SMILES string of the molecule is C=CC(=O)NC(=O)C1C(C)C=C(C(=O)NC)C(/C(C)=C\C)C1C. The van der Waals surface area contributed by atoms with Crippen LogP contribution in [0.2, 0.25) is 0 Å². The van der Waals surface area contributed by atoms with Crippen LogP contribution in [0.15, 0.2) is 36.0 Å². The van der Waals surface area contributed by atoms with E-state index in [0.717, 1.165) is 11.6 Å². The molecule has 126 valence electrons. The van der Waals surface area contributed by atoms with Crippen LogP contribution in [0, 0.1) is 23.7 Å². The Bertz CT molecular complexity index is 575. The first-order valence-corrected chi connectivity index (χ1v) is 7.82. The zero-order chi connectivity index (χ0) is 17.7. The molecule has 5 nitrogen and oxygen atoms in total. The Morgan fingerprint density at radius 1 is 1.26 bits per heavy atom. The fourth-order valence-electron chi connectivity index (χ4n) is 3.39. The van der Waals surface area contributed by atoms with Crippen molar-refractivity contribution in [1.29, 1.82) is 0 Å². The van der Waals surface area contributed by atoms with Crippen LogP contribution in [0.25, 0.3) is 0 Å². The molecule has 0 saturated carbocycles. The third-order valence-corrected chi connectivity index (χ3v) is 4.61. The highest BCUT2D eigenvalue weighted by molar-refractivity contribution is 6.02. The van der Waals surface area contributed by atoms with Crippen molar-refractivity contribution in [1.82, 2.24) is 10.6 Å². The molecule has 0 saturated heterocycles. The molecule has 23 heavy (non-hydrogen) atoms. The van der Waals surface area contributed by atoms with E-state index in [2.05, 4.69) is 17.2 Å². The number of hydrogen-bond donors (Lipinski definition) is 2. The molecular formula is C18H26N2O3. The highest BCUT2D eigenvalue weighted by Crippen LogP contribution is 2.42. The van der Waals surface area contributed by atoms with Crippen molar-refractivity contribution >= 4 is 17.7 Å². The van der Waals surface area contributed by atoms with Gasteiger partial charge in [-0.2, -0.15) is 0 Å². The maximum Gasteiger partial charge on any atom is 0.249 e. The van der Waals surface area contributed by atoms with Crippen molar-refractivity contribution in [2.24, 2.45) is 23.7 Å². The third-order valence-electron chi connectivity index (χ3n) is 4.61. The summed E-state index contributed by atoms with van der Waals surface area (Å²) in [5.74, 6) is -1.73. The molecule has 0 aliphatic heterocycles. The Kier molecular flexibility index (Phi) is 6.49. The number of carbonyl (C=O) groups excluding carboxylic acids is 3. The number of amides is 3. The van der Waals surface area contributed by atoms with E-state index in [0.29, 0.717) is 5.57 Å². The molecule has 0 aromatic carbocycles. The zero-order valence-corrected chi connectivity index (χ0v) is 14.5. The normalized spacial score (nSPS) is 27.7. The molecule has 0 fully saturated rings. The second-order valence-electron chi connectivity index (χ2n) is 6.01. The molecular weight excluding hydrogens is 292 g/mol. The number of imide groups is 1. The van der Waals surface area contributed by atoms with Gasteiger partial charge in [-0.1, -0.05) is 38.2 Å². The Balaban J connectivity index is 3.26. The lowest BCUT2D eigenvalue weighted by Crippen LogP contribution is -2.46. The molecule has 0 aromatic rings. The van der Waals surface area contributed by atoms with Crippen molar-refractivity contribution in [3.05, 3.63) is 36.0 Å². The molecule has 4 unspecified atom stereocenters. The minimum absolute atomic E-state index is 0.101. The second-order valence-corrected chi connectivity index (χ2v) is 6.01. The summed E-state index contributed by atoms with van der Waals surface area (Å²) in [7, 11) is 1.60. The molecule has 0 aromatic heterocycles. The summed E-state index contributed by atoms with van der Waals surface area (Å²) in [5, 5.41) is 5.02. The van der Waals surface area contributed by atoms with Crippen molar-refractivity contribution in [2.75, 3.05) is 7.05 Å². The molecule has 2 N–H and O–H groups in total. The summed E-state index contributed by atoms with van der Waals surface area (Å²) in [6, 6.07) is 0. The number of allylic oxidation sites excluding steroid dienone is 3. The van der Waals surface area contributed by atoms with Gasteiger partial charge < -0.3 is 5.32 Å². The maximum atomic E-state index is 12.5. The average Bonchev–Trinajstić information content (AvgIpc) is 2.52. The molecule has 0 bridgehead atoms. The molecule has 1 aliphatic rings. The summed E-state index contributed by atoms with van der Waals surface area (Å²) in [6.07, 6.45) is 4.88. The number of likely N-dealkylation sites (N-methyl/N-ethyl adjacent to an activating group) is 1. The fourth-order valence-corrected chi connectivity index (χ4v) is 3.39. The molecule has 0 radical (unpaired) electrons. The van der Waals surface area contributed by atoms with Crippen LogP contribution < -0.4 is 10.6 Å². The summed E-state index contributed by atoms with van der Waals surface area (Å²) in [6.45, 7) is 11.1. The predicted octanol–water partition coefficient (Wildman–Crippen LogP) is 1.97. The summed E-state index contributed by atoms with van der Waals surface area (Å²) >= 11 is 0. The monoisotopic (exact) mass is 318 g/mol. The number of hydrogen-bond acceptors (Lipinski definition) is 3. The van der Waals surface area contributed by atoms with Gasteiger partial charge in [-0.3, -0.25) is 19.7 Å². The van der Waals surface area contributed by atoms with Crippen LogP contribution in [0.4, 0.5) is 0 Å². The van der Waals surface area contributed by atoms with E-state index in [-0.39, 0.29) is 35.5 Å². The first-order chi connectivity index (χ1) is 10.8. The lowest BCUT2D eigenvalue weighted by atomic mass is 9.65. The van der Waals surface area contributed by atoms with Crippen LogP contribution in [0.3, 0.4) is 0 Å². The Morgan fingerprint density at radius 3 is 2.35 bits per heavy atom. The van der Waals surface area contributed by atoms with Gasteiger partial charge in [-0.05, 0) is 31.8 Å². The van der Waals surface area contributed by atoms with Crippen LogP contribution in [0.5, 0.6) is 0 Å². The van der Waals surface area contributed by atoms with Gasteiger partial charge in [0, 0.05) is 24.5 Å². The lowest BCUT2D eigenvalue weighted by Gasteiger charge is -2.39. The maximum absolute atomic E-state index is 12.5. The van der Waals surface area contributed by atoms with Crippen molar-refractivity contribution in [3.8, 4) is 0 Å². The number of rotatable bonds is 4. The molecule has 4 atom stereocenters. The number of carbonyl (C=O) groups is 3. The highest BCUT2D eigenvalue weighted by Gasteiger charge is 2.42. The summed E-state index contributed by atoms with van der Waals surface area (Å²) in [5.41, 5.74) is 1.72. The van der Waals surface area contributed by atoms with Gasteiger partial charge >= 0.3 is 0 Å². The van der Waals surface area contributed by atoms with E-state index in [1.807, 2.05) is 39.8 Å². The first kappa shape index (κ1) is 18.9. The lowest BCUT2D eigenvalue weighted by molar-refractivity contribution is -0.134. The summed E-state index contributed by atoms with van der Waals surface area (Å²) < 4.78 is 0. The van der Waals surface area contributed by atoms with Crippen LogP contribution in [-0.4, -0.2) is 24.8 Å². The summed E-state index contributed by atoms with van der Waals surface area (Å²) in [4.78, 5) is 36.1. The van der Waals surface area contributed by atoms with Gasteiger partial charge in [0.2, 0.25) is 17.7 Å². The van der Waals surface area contributed by atoms with Crippen molar-refractivity contribution in [2.45, 2.75) is 27.7 Å². The van der Waals surface area contributed by atoms with Crippen LogP contribution >= 0.6 is 0 Å². The Hall–Kier alpha value is -2.17. The van der Waals surface area contributed by atoms with E-state index in [1.165, 1.54) is 0 Å². The van der Waals surface area contributed by atoms with Gasteiger partial charge in [-0.25, -0.2) is 0 Å². The molecule has 0 spiro atoms. The van der Waals surface area contributed by atoms with E-state index >= 15 is 0 Å². The Labute approximate surface area is 137 Å². The van der Waals surface area contributed by atoms with E-state index in [4.69, 9.17) is 0 Å². The predicted molar refractivity (Wildman–Crippen MR) is 90.2 cm³/mol.